The number of aromatic nitrogens is 2. The van der Waals surface area contributed by atoms with E-state index in [1.54, 1.807) is 35.1 Å². The van der Waals surface area contributed by atoms with Gasteiger partial charge in [0.1, 0.15) is 12.4 Å². The Morgan fingerprint density at radius 3 is 2.70 bits per heavy atom. The van der Waals surface area contributed by atoms with Crippen LogP contribution in [-0.2, 0) is 14.3 Å². The number of fused-ring (bicyclic) bond motifs is 1. The third-order valence-electron chi connectivity index (χ3n) is 6.11. The maximum absolute atomic E-state index is 13.6. The lowest BCUT2D eigenvalue weighted by molar-refractivity contribution is -0.123. The maximum Gasteiger partial charge on any atom is 0.240 e. The first-order valence-corrected chi connectivity index (χ1v) is 14.0. The number of hydrogen-bond donors (Lipinski definition) is 1. The summed E-state index contributed by atoms with van der Waals surface area (Å²) >= 11 is 3.24. The highest BCUT2D eigenvalue weighted by Gasteiger charge is 2.38. The molecule has 2 aromatic carbocycles. The van der Waals surface area contributed by atoms with Gasteiger partial charge in [0.25, 0.3) is 0 Å². The van der Waals surface area contributed by atoms with Gasteiger partial charge in [0.2, 0.25) is 11.8 Å². The van der Waals surface area contributed by atoms with Crippen molar-refractivity contribution < 1.29 is 14.3 Å². The summed E-state index contributed by atoms with van der Waals surface area (Å²) in [5, 5.41) is 9.91. The van der Waals surface area contributed by atoms with Crippen LogP contribution in [0, 0.1) is 6.92 Å². The fourth-order valence-corrected chi connectivity index (χ4v) is 6.60. The van der Waals surface area contributed by atoms with Crippen molar-refractivity contribution in [3.05, 3.63) is 88.1 Å². The molecule has 0 saturated heterocycles. The van der Waals surface area contributed by atoms with E-state index in [1.807, 2.05) is 72.3 Å². The molecule has 190 valence electrons. The average molecular weight is 533 g/mol. The standard InChI is InChI=1S/C28H28N4O3S2/c1-19-8-6-11-21(16-19)32-28-25(26(30-32)20-9-4-3-5-10-20)27(22-12-7-15-36-22)37-18-24(34)31(28)17-23(33)29-13-14-35-2/h3-12,15-16,27H,13-14,17-18H2,1-2H3,(H,29,33). The molecule has 9 heteroatoms. The van der Waals surface area contributed by atoms with Gasteiger partial charge in [-0.05, 0) is 36.1 Å². The van der Waals surface area contributed by atoms with Crippen LogP contribution in [0.25, 0.3) is 16.9 Å². The third kappa shape index (κ3) is 5.34. The number of thiophene rings is 1. The molecule has 0 bridgehead atoms. The average Bonchev–Trinajstić information content (AvgIpc) is 3.55. The predicted octanol–water partition coefficient (Wildman–Crippen LogP) is 4.84. The largest absolute Gasteiger partial charge is 0.383 e. The van der Waals surface area contributed by atoms with Crippen LogP contribution < -0.4 is 10.2 Å². The number of benzene rings is 2. The van der Waals surface area contributed by atoms with Crippen molar-refractivity contribution in [3.63, 3.8) is 0 Å². The summed E-state index contributed by atoms with van der Waals surface area (Å²) in [6.07, 6.45) is 0. The highest BCUT2D eigenvalue weighted by atomic mass is 32.2. The molecule has 7 nitrogen and oxygen atoms in total. The molecule has 0 radical (unpaired) electrons. The van der Waals surface area contributed by atoms with Crippen LogP contribution in [-0.4, -0.2) is 54.2 Å². The summed E-state index contributed by atoms with van der Waals surface area (Å²) < 4.78 is 6.89. The molecule has 1 aliphatic heterocycles. The van der Waals surface area contributed by atoms with Gasteiger partial charge >= 0.3 is 0 Å². The monoisotopic (exact) mass is 532 g/mol. The van der Waals surface area contributed by atoms with Gasteiger partial charge < -0.3 is 10.1 Å². The first kappa shape index (κ1) is 25.3. The molecule has 4 aromatic rings. The molecule has 0 aliphatic carbocycles. The number of methoxy groups -OCH3 is 1. The van der Waals surface area contributed by atoms with E-state index >= 15 is 0 Å². The number of nitrogens with one attached hydrogen (secondary N) is 1. The predicted molar refractivity (Wildman–Crippen MR) is 150 cm³/mol. The lowest BCUT2D eigenvalue weighted by atomic mass is 10.0. The molecule has 3 heterocycles. The maximum atomic E-state index is 13.6. The van der Waals surface area contributed by atoms with Gasteiger partial charge in [-0.25, -0.2) is 4.68 Å². The van der Waals surface area contributed by atoms with Crippen LogP contribution in [0.4, 0.5) is 5.82 Å². The summed E-state index contributed by atoms with van der Waals surface area (Å²) in [5.74, 6) is 0.527. The Balaban J connectivity index is 1.73. The summed E-state index contributed by atoms with van der Waals surface area (Å²) in [6.45, 7) is 2.71. The van der Waals surface area contributed by atoms with Crippen LogP contribution in [0.2, 0.25) is 0 Å². The zero-order chi connectivity index (χ0) is 25.8. The Morgan fingerprint density at radius 2 is 1.97 bits per heavy atom. The minimum Gasteiger partial charge on any atom is -0.383 e. The quantitative estimate of drug-likeness (QED) is 0.329. The molecule has 2 aromatic heterocycles. The lowest BCUT2D eigenvalue weighted by Crippen LogP contribution is -2.43. The molecule has 1 unspecified atom stereocenters. The van der Waals surface area contributed by atoms with Crippen molar-refractivity contribution in [2.75, 3.05) is 37.5 Å². The minimum absolute atomic E-state index is 0.0982. The van der Waals surface area contributed by atoms with Crippen LogP contribution in [0.15, 0.2) is 72.1 Å². The molecule has 37 heavy (non-hydrogen) atoms. The topological polar surface area (TPSA) is 76.5 Å². The van der Waals surface area contributed by atoms with E-state index in [-0.39, 0.29) is 29.4 Å². The number of ether oxygens (including phenoxy) is 1. The summed E-state index contributed by atoms with van der Waals surface area (Å²) in [4.78, 5) is 29.3. The number of thioether (sulfide) groups is 1. The number of hydrogen-bond acceptors (Lipinski definition) is 6. The summed E-state index contributed by atoms with van der Waals surface area (Å²) in [6, 6.07) is 22.2. The zero-order valence-electron chi connectivity index (χ0n) is 20.7. The molecular formula is C28H28N4O3S2. The van der Waals surface area contributed by atoms with Gasteiger partial charge in [-0.15, -0.1) is 23.1 Å². The van der Waals surface area contributed by atoms with Crippen LogP contribution in [0.1, 0.15) is 21.3 Å². The first-order valence-electron chi connectivity index (χ1n) is 12.0. The number of anilines is 1. The van der Waals surface area contributed by atoms with Gasteiger partial charge in [-0.3, -0.25) is 14.5 Å². The minimum atomic E-state index is -0.242. The molecule has 5 rings (SSSR count). The zero-order valence-corrected chi connectivity index (χ0v) is 22.3. The second kappa shape index (κ2) is 11.3. The van der Waals surface area contributed by atoms with Crippen molar-refractivity contribution >= 4 is 40.7 Å². The van der Waals surface area contributed by atoms with E-state index in [1.165, 1.54) is 0 Å². The van der Waals surface area contributed by atoms with E-state index in [4.69, 9.17) is 9.84 Å². The Bertz CT molecular complexity index is 1390. The van der Waals surface area contributed by atoms with Crippen LogP contribution in [0.3, 0.4) is 0 Å². The molecule has 0 spiro atoms. The van der Waals surface area contributed by atoms with Crippen LogP contribution >= 0.6 is 23.1 Å². The second-order valence-corrected chi connectivity index (χ2v) is 10.8. The molecular weight excluding hydrogens is 504 g/mol. The summed E-state index contributed by atoms with van der Waals surface area (Å²) in [7, 11) is 1.59. The number of carbonyl (C=O) groups is 2. The van der Waals surface area contributed by atoms with Crippen molar-refractivity contribution in [1.29, 1.82) is 0 Å². The third-order valence-corrected chi connectivity index (χ3v) is 8.44. The molecule has 1 aliphatic rings. The lowest BCUT2D eigenvalue weighted by Gasteiger charge is -2.23. The van der Waals surface area contributed by atoms with E-state index in [0.29, 0.717) is 19.0 Å². The number of amides is 2. The van der Waals surface area contributed by atoms with Gasteiger partial charge in [-0.1, -0.05) is 48.5 Å². The molecule has 1 N–H and O–H groups in total. The van der Waals surface area contributed by atoms with Crippen LogP contribution in [0.5, 0.6) is 0 Å². The molecule has 2 amide bonds. The fraction of sp³-hybridized carbons (Fsp3) is 0.250. The van der Waals surface area contributed by atoms with E-state index in [0.717, 1.165) is 32.9 Å². The Hall–Kier alpha value is -3.40. The van der Waals surface area contributed by atoms with E-state index < -0.39 is 0 Å². The van der Waals surface area contributed by atoms with E-state index in [9.17, 15) is 9.59 Å². The van der Waals surface area contributed by atoms with Gasteiger partial charge in [0.05, 0.1) is 29.0 Å². The van der Waals surface area contributed by atoms with Crippen molar-refractivity contribution in [2.45, 2.75) is 12.2 Å². The fourth-order valence-electron chi connectivity index (χ4n) is 4.43. The number of rotatable bonds is 8. The smallest absolute Gasteiger partial charge is 0.240 e. The SMILES string of the molecule is COCCNC(=O)CN1C(=O)CSC(c2cccs2)c2c(-c3ccccc3)nn(-c3cccc(C)c3)c21. The van der Waals surface area contributed by atoms with Gasteiger partial charge in [-0.2, -0.15) is 5.10 Å². The first-order chi connectivity index (χ1) is 18.1. The Morgan fingerprint density at radius 1 is 1.14 bits per heavy atom. The molecule has 1 atom stereocenters. The number of carbonyl (C=O) groups excluding carboxylic acids is 2. The van der Waals surface area contributed by atoms with Gasteiger partial charge in [0.15, 0.2) is 0 Å². The number of nitrogens with zero attached hydrogens (tertiary/aromatic N) is 3. The Kier molecular flexibility index (Phi) is 7.73. The highest BCUT2D eigenvalue weighted by molar-refractivity contribution is 8.00. The summed E-state index contributed by atoms with van der Waals surface area (Å²) in [5.41, 5.74) is 4.63. The normalized spacial score (nSPS) is 15.4. The van der Waals surface area contributed by atoms with Crippen molar-refractivity contribution in [2.24, 2.45) is 0 Å². The molecule has 0 saturated carbocycles. The number of aryl methyl sites for hydroxylation is 1. The van der Waals surface area contributed by atoms with Crippen molar-refractivity contribution in [1.82, 2.24) is 15.1 Å². The van der Waals surface area contributed by atoms with Gasteiger partial charge in [0, 0.05) is 29.7 Å². The molecule has 0 fully saturated rings. The Labute approximate surface area is 224 Å². The van der Waals surface area contributed by atoms with Crippen molar-refractivity contribution in [3.8, 4) is 16.9 Å². The highest BCUT2D eigenvalue weighted by Crippen LogP contribution is 2.49. The second-order valence-electron chi connectivity index (χ2n) is 8.73. The van der Waals surface area contributed by atoms with E-state index in [2.05, 4.69) is 16.8 Å².